The molecule has 0 aliphatic carbocycles. The second kappa shape index (κ2) is 6.26. The van der Waals surface area contributed by atoms with Crippen LogP contribution >= 0.6 is 11.3 Å². The summed E-state index contributed by atoms with van der Waals surface area (Å²) in [5.74, 6) is 0.523. The van der Waals surface area contributed by atoms with Crippen LogP contribution in [0.3, 0.4) is 0 Å². The molecule has 4 rings (SSSR count). The number of hydrogen-bond acceptors (Lipinski definition) is 7. The van der Waals surface area contributed by atoms with Crippen LogP contribution in [-0.4, -0.2) is 27.6 Å². The van der Waals surface area contributed by atoms with E-state index in [2.05, 4.69) is 20.4 Å². The number of amides is 1. The molecule has 0 unspecified atom stereocenters. The van der Waals surface area contributed by atoms with Crippen LogP contribution in [0.2, 0.25) is 0 Å². The van der Waals surface area contributed by atoms with Gasteiger partial charge in [-0.1, -0.05) is 5.16 Å². The average Bonchev–Trinajstić information content (AvgIpc) is 3.17. The third kappa shape index (κ3) is 2.99. The van der Waals surface area contributed by atoms with Gasteiger partial charge in [0.15, 0.2) is 5.82 Å². The lowest BCUT2D eigenvalue weighted by atomic mass is 10.1. The molecule has 1 amide bonds. The SMILES string of the molecule is Cc1noc(-c2c(NC(=O)c3cc[nH]c(=O)c3)sc3c2CCOC3)n1. The fraction of sp³-hybridized carbons (Fsp3) is 0.250. The maximum absolute atomic E-state index is 12.5. The largest absolute Gasteiger partial charge is 0.376 e. The fourth-order valence-electron chi connectivity index (χ4n) is 2.71. The van der Waals surface area contributed by atoms with Gasteiger partial charge in [-0.2, -0.15) is 4.98 Å². The molecule has 2 N–H and O–H groups in total. The Hall–Kier alpha value is -2.78. The van der Waals surface area contributed by atoms with Crippen LogP contribution in [0.5, 0.6) is 0 Å². The van der Waals surface area contributed by atoms with E-state index in [0.29, 0.717) is 36.4 Å². The number of fused-ring (bicyclic) bond motifs is 1. The van der Waals surface area contributed by atoms with E-state index < -0.39 is 0 Å². The number of nitrogens with one attached hydrogen (secondary N) is 2. The Bertz CT molecular complexity index is 1000. The molecule has 0 spiro atoms. The van der Waals surface area contributed by atoms with E-state index in [1.165, 1.54) is 23.6 Å². The zero-order valence-corrected chi connectivity index (χ0v) is 14.1. The molecule has 128 valence electrons. The van der Waals surface area contributed by atoms with Crippen LogP contribution in [0.4, 0.5) is 5.00 Å². The average molecular weight is 358 g/mol. The Morgan fingerprint density at radius 3 is 3.08 bits per heavy atom. The first kappa shape index (κ1) is 15.7. The van der Waals surface area contributed by atoms with E-state index >= 15 is 0 Å². The summed E-state index contributed by atoms with van der Waals surface area (Å²) < 4.78 is 10.8. The number of carbonyl (C=O) groups is 1. The highest BCUT2D eigenvalue weighted by Crippen LogP contribution is 2.42. The molecule has 0 atom stereocenters. The lowest BCUT2D eigenvalue weighted by Crippen LogP contribution is -2.15. The van der Waals surface area contributed by atoms with Gasteiger partial charge in [-0.15, -0.1) is 11.3 Å². The summed E-state index contributed by atoms with van der Waals surface area (Å²) in [6, 6.07) is 2.80. The molecule has 3 aromatic heterocycles. The van der Waals surface area contributed by atoms with Crippen molar-refractivity contribution in [3.8, 4) is 11.5 Å². The van der Waals surface area contributed by atoms with Crippen LogP contribution in [0.15, 0.2) is 27.6 Å². The number of aryl methyl sites for hydroxylation is 1. The Morgan fingerprint density at radius 2 is 2.32 bits per heavy atom. The van der Waals surface area contributed by atoms with Crippen LogP contribution in [0, 0.1) is 6.92 Å². The Labute approximate surface area is 145 Å². The van der Waals surface area contributed by atoms with Gasteiger partial charge in [0.25, 0.3) is 11.8 Å². The number of carbonyl (C=O) groups excluding carboxylic acids is 1. The monoisotopic (exact) mass is 358 g/mol. The van der Waals surface area contributed by atoms with E-state index in [1.54, 1.807) is 13.0 Å². The molecule has 1 aliphatic rings. The Balaban J connectivity index is 1.75. The van der Waals surface area contributed by atoms with Crippen LogP contribution in [0.25, 0.3) is 11.5 Å². The van der Waals surface area contributed by atoms with Crippen molar-refractivity contribution < 1.29 is 14.1 Å². The number of pyridine rings is 1. The van der Waals surface area contributed by atoms with Crippen molar-refractivity contribution in [2.75, 3.05) is 11.9 Å². The van der Waals surface area contributed by atoms with Crippen molar-refractivity contribution >= 4 is 22.2 Å². The molecule has 0 fully saturated rings. The van der Waals surface area contributed by atoms with E-state index in [0.717, 1.165) is 16.0 Å². The van der Waals surface area contributed by atoms with E-state index in [9.17, 15) is 9.59 Å². The highest BCUT2D eigenvalue weighted by Gasteiger charge is 2.26. The van der Waals surface area contributed by atoms with Gasteiger partial charge < -0.3 is 19.6 Å². The summed E-state index contributed by atoms with van der Waals surface area (Å²) in [4.78, 5) is 31.7. The highest BCUT2D eigenvalue weighted by atomic mass is 32.1. The van der Waals surface area contributed by atoms with Gasteiger partial charge in [-0.25, -0.2) is 0 Å². The molecule has 9 heteroatoms. The van der Waals surface area contributed by atoms with E-state index in [4.69, 9.17) is 9.26 Å². The predicted octanol–water partition coefficient (Wildman–Crippen LogP) is 2.12. The molecule has 4 heterocycles. The van der Waals surface area contributed by atoms with Crippen molar-refractivity contribution in [3.05, 3.63) is 50.5 Å². The van der Waals surface area contributed by atoms with Gasteiger partial charge in [0.05, 0.1) is 18.8 Å². The number of hydrogen-bond donors (Lipinski definition) is 2. The second-order valence-corrected chi connectivity index (χ2v) is 6.66. The summed E-state index contributed by atoms with van der Waals surface area (Å²) >= 11 is 1.42. The quantitative estimate of drug-likeness (QED) is 0.742. The fourth-order valence-corrected chi connectivity index (χ4v) is 3.88. The summed E-state index contributed by atoms with van der Waals surface area (Å²) in [6.45, 7) is 2.83. The third-order valence-electron chi connectivity index (χ3n) is 3.83. The van der Waals surface area contributed by atoms with Crippen LogP contribution < -0.4 is 10.9 Å². The Morgan fingerprint density at radius 1 is 1.44 bits per heavy atom. The number of ether oxygens (including phenoxy) is 1. The maximum Gasteiger partial charge on any atom is 0.261 e. The number of H-pyrrole nitrogens is 1. The molecule has 0 saturated heterocycles. The normalized spacial score (nSPS) is 13.5. The first-order valence-electron chi connectivity index (χ1n) is 7.65. The number of thiophene rings is 1. The number of aromatic amines is 1. The molecule has 0 radical (unpaired) electrons. The highest BCUT2D eigenvalue weighted by molar-refractivity contribution is 7.17. The minimum Gasteiger partial charge on any atom is -0.376 e. The molecule has 8 nitrogen and oxygen atoms in total. The number of anilines is 1. The molecular weight excluding hydrogens is 344 g/mol. The molecule has 1 aliphatic heterocycles. The topological polar surface area (TPSA) is 110 Å². The maximum atomic E-state index is 12.5. The first-order valence-corrected chi connectivity index (χ1v) is 8.46. The summed E-state index contributed by atoms with van der Waals surface area (Å²) in [6.07, 6.45) is 2.15. The zero-order valence-electron chi connectivity index (χ0n) is 13.3. The molecular formula is C16H14N4O4S. The summed E-state index contributed by atoms with van der Waals surface area (Å²) in [5, 5.41) is 7.32. The van der Waals surface area contributed by atoms with Crippen molar-refractivity contribution in [1.82, 2.24) is 15.1 Å². The van der Waals surface area contributed by atoms with Crippen molar-refractivity contribution in [2.45, 2.75) is 20.0 Å². The zero-order chi connectivity index (χ0) is 17.4. The van der Waals surface area contributed by atoms with Crippen LogP contribution in [-0.2, 0) is 17.8 Å². The van der Waals surface area contributed by atoms with E-state index in [1.807, 2.05) is 0 Å². The van der Waals surface area contributed by atoms with Gasteiger partial charge in [-0.05, 0) is 25.0 Å². The number of aromatic nitrogens is 3. The predicted molar refractivity (Wildman–Crippen MR) is 90.7 cm³/mol. The first-order chi connectivity index (χ1) is 12.1. The number of nitrogens with zero attached hydrogens (tertiary/aromatic N) is 2. The number of rotatable bonds is 3. The molecule has 0 saturated carbocycles. The van der Waals surface area contributed by atoms with Gasteiger partial charge in [-0.3, -0.25) is 9.59 Å². The minimum absolute atomic E-state index is 0.277. The van der Waals surface area contributed by atoms with Gasteiger partial charge in [0.2, 0.25) is 5.56 Å². The lowest BCUT2D eigenvalue weighted by molar-refractivity contribution is 0.102. The smallest absolute Gasteiger partial charge is 0.261 e. The van der Waals surface area contributed by atoms with Crippen LogP contribution in [0.1, 0.15) is 26.6 Å². The minimum atomic E-state index is -0.372. The molecule has 0 aromatic carbocycles. The lowest BCUT2D eigenvalue weighted by Gasteiger charge is -2.12. The second-order valence-electron chi connectivity index (χ2n) is 5.55. The summed E-state index contributed by atoms with van der Waals surface area (Å²) in [7, 11) is 0. The van der Waals surface area contributed by atoms with Crippen molar-refractivity contribution in [3.63, 3.8) is 0 Å². The third-order valence-corrected chi connectivity index (χ3v) is 4.95. The standard InChI is InChI=1S/C16H14N4O4S/c1-8-18-15(24-20-8)13-10-3-5-23-7-11(10)25-16(13)19-14(22)9-2-4-17-12(21)6-9/h2,4,6H,3,5,7H2,1H3,(H,17,21)(H,19,22). The Kier molecular flexibility index (Phi) is 3.94. The summed E-state index contributed by atoms with van der Waals surface area (Å²) in [5.41, 5.74) is 1.74. The van der Waals surface area contributed by atoms with Gasteiger partial charge >= 0.3 is 0 Å². The van der Waals surface area contributed by atoms with Crippen molar-refractivity contribution in [2.24, 2.45) is 0 Å². The van der Waals surface area contributed by atoms with Crippen molar-refractivity contribution in [1.29, 1.82) is 0 Å². The van der Waals surface area contributed by atoms with Gasteiger partial charge in [0, 0.05) is 22.7 Å². The molecule has 3 aromatic rings. The van der Waals surface area contributed by atoms with Gasteiger partial charge in [0.1, 0.15) is 5.00 Å². The molecule has 25 heavy (non-hydrogen) atoms. The molecule has 0 bridgehead atoms. The van der Waals surface area contributed by atoms with E-state index in [-0.39, 0.29) is 17.0 Å².